The summed E-state index contributed by atoms with van der Waals surface area (Å²) < 4.78 is 59.4. The lowest BCUT2D eigenvalue weighted by Crippen LogP contribution is -2.38. The van der Waals surface area contributed by atoms with Crippen molar-refractivity contribution in [1.82, 2.24) is 29.5 Å². The average molecular weight is 553 g/mol. The number of fused-ring (bicyclic) bond motifs is 5. The zero-order chi connectivity index (χ0) is 27.7. The normalized spacial score (nSPS) is 21.5. The summed E-state index contributed by atoms with van der Waals surface area (Å²) in [7, 11) is -1.91. The zero-order valence-corrected chi connectivity index (χ0v) is 22.6. The number of hydrogen-bond acceptors (Lipinski definition) is 8. The Kier molecular flexibility index (Phi) is 5.71. The third-order valence-corrected chi connectivity index (χ3v) is 9.66. The van der Waals surface area contributed by atoms with E-state index in [1.807, 2.05) is 0 Å². The van der Waals surface area contributed by atoms with Crippen molar-refractivity contribution in [2.45, 2.75) is 44.6 Å². The van der Waals surface area contributed by atoms with Crippen molar-refractivity contribution in [3.63, 3.8) is 0 Å². The number of sulfonamides is 1. The van der Waals surface area contributed by atoms with Gasteiger partial charge in [-0.3, -0.25) is 4.98 Å². The molecule has 0 N–H and O–H groups in total. The van der Waals surface area contributed by atoms with Gasteiger partial charge in [-0.05, 0) is 47.9 Å². The van der Waals surface area contributed by atoms with E-state index in [0.717, 1.165) is 30.4 Å². The van der Waals surface area contributed by atoms with Crippen LogP contribution in [0.25, 0.3) is 22.8 Å². The van der Waals surface area contributed by atoms with Crippen LogP contribution in [-0.2, 0) is 22.0 Å². The number of benzene rings is 1. The first-order valence-corrected chi connectivity index (χ1v) is 14.3. The molecule has 4 aromatic rings. The fraction of sp³-hybridized carbons (Fsp3) is 0.370. The lowest BCUT2D eigenvalue weighted by molar-refractivity contribution is 0.242. The first kappa shape index (κ1) is 25.6. The maximum Gasteiger partial charge on any atom is 0.246 e. The second-order valence-electron chi connectivity index (χ2n) is 10.8. The van der Waals surface area contributed by atoms with Crippen LogP contribution in [0.2, 0.25) is 0 Å². The van der Waals surface area contributed by atoms with Crippen LogP contribution in [0.5, 0.6) is 0 Å². The Morgan fingerprint density at radius 1 is 1.10 bits per heavy atom. The molecule has 202 valence electrons. The number of halogens is 2. The third kappa shape index (κ3) is 3.80. The van der Waals surface area contributed by atoms with E-state index in [9.17, 15) is 17.2 Å². The summed E-state index contributed by atoms with van der Waals surface area (Å²) in [5.74, 6) is -1.07. The minimum Gasteiger partial charge on any atom is -0.443 e. The summed E-state index contributed by atoms with van der Waals surface area (Å²) in [5.41, 5.74) is 2.19. The molecular weight excluding hydrogens is 526 g/mol. The molecule has 12 heteroatoms. The molecule has 3 aromatic heterocycles. The summed E-state index contributed by atoms with van der Waals surface area (Å²) in [5, 5.41) is 8.82. The molecule has 39 heavy (non-hydrogen) atoms. The third-order valence-electron chi connectivity index (χ3n) is 8.39. The quantitative estimate of drug-likeness (QED) is 0.344. The van der Waals surface area contributed by atoms with Gasteiger partial charge in [-0.2, -0.15) is 9.40 Å². The first-order chi connectivity index (χ1) is 18.4. The highest BCUT2D eigenvalue weighted by molar-refractivity contribution is 7.88. The number of oxazole rings is 1. The monoisotopic (exact) mass is 552 g/mol. The van der Waals surface area contributed by atoms with Gasteiger partial charge in [0, 0.05) is 13.2 Å². The fourth-order valence-corrected chi connectivity index (χ4v) is 6.64. The molecule has 0 saturated heterocycles. The van der Waals surface area contributed by atoms with Crippen LogP contribution in [0.1, 0.15) is 55.3 Å². The summed E-state index contributed by atoms with van der Waals surface area (Å²) in [6.45, 7) is 4.35. The number of aromatic nitrogens is 5. The number of nitrogens with zero attached hydrogens (tertiary/aromatic N) is 6. The highest BCUT2D eigenvalue weighted by Crippen LogP contribution is 2.69. The zero-order valence-electron chi connectivity index (χ0n) is 21.8. The molecule has 0 aliphatic heterocycles. The Labute approximate surface area is 224 Å². The van der Waals surface area contributed by atoms with Crippen molar-refractivity contribution >= 4 is 10.0 Å². The van der Waals surface area contributed by atoms with Gasteiger partial charge >= 0.3 is 0 Å². The molecule has 6 rings (SSSR count). The maximum atomic E-state index is 14.5. The van der Waals surface area contributed by atoms with Gasteiger partial charge in [-0.25, -0.2) is 27.2 Å². The van der Waals surface area contributed by atoms with Gasteiger partial charge in [0.1, 0.15) is 23.6 Å². The van der Waals surface area contributed by atoms with Crippen molar-refractivity contribution in [2.75, 3.05) is 13.3 Å². The first-order valence-electron chi connectivity index (χ1n) is 12.4. The summed E-state index contributed by atoms with van der Waals surface area (Å²) in [4.78, 5) is 13.8. The largest absolute Gasteiger partial charge is 0.443 e. The van der Waals surface area contributed by atoms with Gasteiger partial charge < -0.3 is 4.42 Å². The summed E-state index contributed by atoms with van der Waals surface area (Å²) in [6.07, 6.45) is 7.37. The Hall–Kier alpha value is -3.64. The molecule has 9 nitrogen and oxygen atoms in total. The Bertz CT molecular complexity index is 1700. The van der Waals surface area contributed by atoms with Gasteiger partial charge in [0.15, 0.2) is 0 Å². The van der Waals surface area contributed by atoms with Crippen molar-refractivity contribution in [3.8, 4) is 22.8 Å². The molecule has 2 atom stereocenters. The summed E-state index contributed by atoms with van der Waals surface area (Å²) in [6, 6.07) is 5.49. The van der Waals surface area contributed by atoms with Crippen LogP contribution >= 0.6 is 0 Å². The molecular formula is C27H26F2N6O3S. The second kappa shape index (κ2) is 8.68. The molecule has 0 spiro atoms. The molecule has 3 heterocycles. The standard InChI is InChI=1S/C27H26F2N6O3S/c1-26(2)17-8-9-27(26,24-16(17)10-20(33-34-24)23-18(28)6-5-7-19(23)29)22-12-30-11-21(32-22)25-31-15(14-38-25)13-35(3)39(4,36)37/h5-7,10-12,14,17H,8-9,13H2,1-4H3/t17-,27-/m0/s1. The number of rotatable bonds is 6. The van der Waals surface area contributed by atoms with Gasteiger partial charge in [-0.1, -0.05) is 19.9 Å². The van der Waals surface area contributed by atoms with E-state index in [2.05, 4.69) is 34.0 Å². The van der Waals surface area contributed by atoms with E-state index < -0.39 is 27.1 Å². The van der Waals surface area contributed by atoms with Gasteiger partial charge in [0.25, 0.3) is 0 Å². The SMILES string of the molecule is CN(Cc1coc(-c2cncc([C@@]34CC[C@@H](c5cc(-c6c(F)cccc6F)nnc53)C4(C)C)n2)n1)S(C)(=O)=O. The van der Waals surface area contributed by atoms with Crippen molar-refractivity contribution in [3.05, 3.63) is 77.2 Å². The highest BCUT2D eigenvalue weighted by Gasteiger charge is 2.65. The Balaban J connectivity index is 1.41. The molecule has 2 aliphatic rings. The molecule has 1 aromatic carbocycles. The van der Waals surface area contributed by atoms with E-state index in [-0.39, 0.29) is 35.0 Å². The van der Waals surface area contributed by atoms with Crippen molar-refractivity contribution in [1.29, 1.82) is 0 Å². The predicted molar refractivity (Wildman–Crippen MR) is 138 cm³/mol. The van der Waals surface area contributed by atoms with Crippen LogP contribution in [0, 0.1) is 17.0 Å². The molecule has 2 bridgehead atoms. The topological polar surface area (TPSA) is 115 Å². The Morgan fingerprint density at radius 2 is 1.85 bits per heavy atom. The van der Waals surface area contributed by atoms with Gasteiger partial charge in [0.2, 0.25) is 15.9 Å². The van der Waals surface area contributed by atoms with Crippen LogP contribution in [0.4, 0.5) is 8.78 Å². The lowest BCUT2D eigenvalue weighted by atomic mass is 9.66. The molecule has 0 unspecified atom stereocenters. The maximum absolute atomic E-state index is 14.5. The van der Waals surface area contributed by atoms with Gasteiger partial charge in [0.05, 0.1) is 52.8 Å². The van der Waals surface area contributed by atoms with Crippen molar-refractivity contribution in [2.24, 2.45) is 5.41 Å². The van der Waals surface area contributed by atoms with Crippen LogP contribution in [-0.4, -0.2) is 51.2 Å². The molecule has 1 saturated carbocycles. The minimum atomic E-state index is -3.38. The summed E-state index contributed by atoms with van der Waals surface area (Å²) >= 11 is 0. The second-order valence-corrected chi connectivity index (χ2v) is 12.9. The van der Waals surface area contributed by atoms with E-state index in [1.165, 1.54) is 35.8 Å². The molecule has 0 amide bonds. The average Bonchev–Trinajstić information content (AvgIpc) is 3.51. The molecule has 0 radical (unpaired) electrons. The van der Waals surface area contributed by atoms with E-state index in [1.54, 1.807) is 18.5 Å². The van der Waals surface area contributed by atoms with Crippen LogP contribution in [0.15, 0.2) is 47.3 Å². The van der Waals surface area contributed by atoms with Crippen molar-refractivity contribution < 1.29 is 21.6 Å². The lowest BCUT2D eigenvalue weighted by Gasteiger charge is -2.37. The van der Waals surface area contributed by atoms with Gasteiger partial charge in [-0.15, -0.1) is 5.10 Å². The van der Waals surface area contributed by atoms with Crippen LogP contribution in [0.3, 0.4) is 0 Å². The van der Waals surface area contributed by atoms with Crippen LogP contribution < -0.4 is 0 Å². The smallest absolute Gasteiger partial charge is 0.246 e. The molecule has 2 aliphatic carbocycles. The van der Waals surface area contributed by atoms with E-state index in [4.69, 9.17) is 9.40 Å². The fourth-order valence-electron chi connectivity index (χ4n) is 6.27. The predicted octanol–water partition coefficient (Wildman–Crippen LogP) is 4.46. The minimum absolute atomic E-state index is 0.0575. The van der Waals surface area contributed by atoms with E-state index in [0.29, 0.717) is 17.1 Å². The van der Waals surface area contributed by atoms with E-state index >= 15 is 0 Å². The molecule has 1 fully saturated rings. The Morgan fingerprint density at radius 3 is 2.56 bits per heavy atom. The highest BCUT2D eigenvalue weighted by atomic mass is 32.2. The number of hydrogen-bond donors (Lipinski definition) is 0.